The molecular weight excluding hydrogens is 300 g/mol. The van der Waals surface area contributed by atoms with Gasteiger partial charge < -0.3 is 15.0 Å². The summed E-state index contributed by atoms with van der Waals surface area (Å²) in [5.41, 5.74) is 0.391. The third-order valence-corrected chi connectivity index (χ3v) is 3.97. The molecule has 7 heteroatoms. The summed E-state index contributed by atoms with van der Waals surface area (Å²) in [7, 11) is 1.71. The zero-order valence-corrected chi connectivity index (χ0v) is 12.2. The van der Waals surface area contributed by atoms with E-state index in [1.165, 1.54) is 11.3 Å². The number of thiophene rings is 1. The fourth-order valence-electron chi connectivity index (χ4n) is 1.87. The Morgan fingerprint density at radius 3 is 2.80 bits per heavy atom. The fraction of sp³-hybridized carbons (Fsp3) is 0.231. The van der Waals surface area contributed by atoms with Crippen molar-refractivity contribution in [2.75, 3.05) is 0 Å². The zero-order valence-electron chi connectivity index (χ0n) is 10.7. The Hall–Kier alpha value is -1.79. The number of hydrogen-bond acceptors (Lipinski definition) is 3. The van der Waals surface area contributed by atoms with Crippen molar-refractivity contribution in [2.24, 2.45) is 7.05 Å². The molecule has 0 fully saturated rings. The van der Waals surface area contributed by atoms with Gasteiger partial charge in [0.2, 0.25) is 0 Å². The Balaban J connectivity index is 2.17. The lowest BCUT2D eigenvalue weighted by Crippen LogP contribution is -2.30. The monoisotopic (exact) mass is 312 g/mol. The van der Waals surface area contributed by atoms with Crippen LogP contribution in [0.1, 0.15) is 27.8 Å². The predicted molar refractivity (Wildman–Crippen MR) is 77.2 cm³/mol. The Morgan fingerprint density at radius 2 is 2.30 bits per heavy atom. The van der Waals surface area contributed by atoms with Crippen LogP contribution in [0.3, 0.4) is 0 Å². The third kappa shape index (κ3) is 3.40. The van der Waals surface area contributed by atoms with Gasteiger partial charge in [-0.2, -0.15) is 0 Å². The van der Waals surface area contributed by atoms with Crippen LogP contribution in [0, 0.1) is 0 Å². The van der Waals surface area contributed by atoms with E-state index < -0.39 is 12.0 Å². The van der Waals surface area contributed by atoms with E-state index in [4.69, 9.17) is 16.7 Å². The van der Waals surface area contributed by atoms with E-state index >= 15 is 0 Å². The van der Waals surface area contributed by atoms with Crippen molar-refractivity contribution >= 4 is 34.8 Å². The molecule has 1 amide bonds. The van der Waals surface area contributed by atoms with Gasteiger partial charge in [-0.15, -0.1) is 11.3 Å². The number of aryl methyl sites for hydroxylation is 1. The van der Waals surface area contributed by atoms with Gasteiger partial charge >= 0.3 is 5.97 Å². The first-order chi connectivity index (χ1) is 9.47. The maximum Gasteiger partial charge on any atom is 0.305 e. The van der Waals surface area contributed by atoms with Gasteiger partial charge in [0.15, 0.2) is 0 Å². The molecule has 2 rings (SSSR count). The first kappa shape index (κ1) is 14.6. The third-order valence-electron chi connectivity index (χ3n) is 2.77. The molecule has 0 spiro atoms. The Bertz CT molecular complexity index is 622. The van der Waals surface area contributed by atoms with Crippen molar-refractivity contribution in [2.45, 2.75) is 12.5 Å². The number of carboxylic acid groups (broad SMARTS) is 1. The molecule has 2 N–H and O–H groups in total. The SMILES string of the molecule is Cn1cc(Cl)cc1C(=O)NC(CC(=O)O)c1cccs1. The molecule has 5 nitrogen and oxygen atoms in total. The summed E-state index contributed by atoms with van der Waals surface area (Å²) in [6, 6.07) is 4.62. The van der Waals surface area contributed by atoms with Gasteiger partial charge in [-0.25, -0.2) is 0 Å². The Morgan fingerprint density at radius 1 is 1.55 bits per heavy atom. The molecule has 2 aromatic rings. The van der Waals surface area contributed by atoms with Crippen LogP contribution < -0.4 is 5.32 Å². The van der Waals surface area contributed by atoms with Crippen LogP contribution in [-0.2, 0) is 11.8 Å². The molecule has 0 bridgehead atoms. The number of hydrogen-bond donors (Lipinski definition) is 2. The van der Waals surface area contributed by atoms with E-state index in [0.29, 0.717) is 10.7 Å². The van der Waals surface area contributed by atoms with Gasteiger partial charge in [0.1, 0.15) is 5.69 Å². The minimum absolute atomic E-state index is 0.162. The number of carbonyl (C=O) groups excluding carboxylic acids is 1. The molecule has 0 radical (unpaired) electrons. The lowest BCUT2D eigenvalue weighted by atomic mass is 10.1. The molecule has 0 aliphatic heterocycles. The second kappa shape index (κ2) is 6.11. The smallest absolute Gasteiger partial charge is 0.305 e. The molecule has 106 valence electrons. The summed E-state index contributed by atoms with van der Waals surface area (Å²) in [5.74, 6) is -1.31. The largest absolute Gasteiger partial charge is 0.481 e. The average Bonchev–Trinajstić information content (AvgIpc) is 2.97. The van der Waals surface area contributed by atoms with Crippen LogP contribution in [0.15, 0.2) is 29.8 Å². The molecule has 20 heavy (non-hydrogen) atoms. The molecule has 0 saturated heterocycles. The number of amides is 1. The van der Waals surface area contributed by atoms with E-state index in [0.717, 1.165) is 4.88 Å². The number of nitrogens with zero attached hydrogens (tertiary/aromatic N) is 1. The van der Waals surface area contributed by atoms with Crippen molar-refractivity contribution in [1.29, 1.82) is 0 Å². The minimum Gasteiger partial charge on any atom is -0.481 e. The molecule has 2 aromatic heterocycles. The number of carboxylic acids is 1. The van der Waals surface area contributed by atoms with Crippen LogP contribution in [0.5, 0.6) is 0 Å². The first-order valence-electron chi connectivity index (χ1n) is 5.85. The first-order valence-corrected chi connectivity index (χ1v) is 7.11. The molecule has 1 unspecified atom stereocenters. The van der Waals surface area contributed by atoms with Crippen molar-refractivity contribution in [3.05, 3.63) is 45.4 Å². The van der Waals surface area contributed by atoms with Gasteiger partial charge in [0.25, 0.3) is 5.91 Å². The second-order valence-corrected chi connectivity index (χ2v) is 5.71. The Kier molecular flexibility index (Phi) is 4.46. The van der Waals surface area contributed by atoms with Crippen molar-refractivity contribution in [3.8, 4) is 0 Å². The standard InChI is InChI=1S/C13H13ClN2O3S/c1-16-7-8(14)5-10(16)13(19)15-9(6-12(17)18)11-3-2-4-20-11/h2-5,7,9H,6H2,1H3,(H,15,19)(H,17,18). The number of carbonyl (C=O) groups is 2. The number of aromatic nitrogens is 1. The summed E-state index contributed by atoms with van der Waals surface area (Å²) in [6.07, 6.45) is 1.46. The molecular formula is C13H13ClN2O3S. The van der Waals surface area contributed by atoms with Gasteiger partial charge in [-0.1, -0.05) is 17.7 Å². The van der Waals surface area contributed by atoms with E-state index in [9.17, 15) is 9.59 Å². The van der Waals surface area contributed by atoms with E-state index in [1.807, 2.05) is 11.4 Å². The van der Waals surface area contributed by atoms with Gasteiger partial charge in [-0.05, 0) is 17.5 Å². The number of rotatable bonds is 5. The van der Waals surface area contributed by atoms with E-state index in [1.54, 1.807) is 29.9 Å². The fourth-order valence-corrected chi connectivity index (χ4v) is 2.90. The van der Waals surface area contributed by atoms with Gasteiger partial charge in [0.05, 0.1) is 17.5 Å². The maximum atomic E-state index is 12.2. The number of aliphatic carboxylic acids is 1. The molecule has 0 aliphatic rings. The zero-order chi connectivity index (χ0) is 14.7. The highest BCUT2D eigenvalue weighted by molar-refractivity contribution is 7.10. The molecule has 1 atom stereocenters. The van der Waals surface area contributed by atoms with Crippen LogP contribution in [0.4, 0.5) is 0 Å². The molecule has 0 aromatic carbocycles. The topological polar surface area (TPSA) is 71.3 Å². The summed E-state index contributed by atoms with van der Waals surface area (Å²) in [4.78, 5) is 23.9. The maximum absolute atomic E-state index is 12.2. The van der Waals surface area contributed by atoms with E-state index in [2.05, 4.69) is 5.32 Å². The van der Waals surface area contributed by atoms with Crippen LogP contribution in [0.25, 0.3) is 0 Å². The van der Waals surface area contributed by atoms with Crippen molar-refractivity contribution < 1.29 is 14.7 Å². The van der Waals surface area contributed by atoms with Gasteiger partial charge in [0, 0.05) is 18.1 Å². The van der Waals surface area contributed by atoms with E-state index in [-0.39, 0.29) is 12.3 Å². The highest BCUT2D eigenvalue weighted by Crippen LogP contribution is 2.23. The lowest BCUT2D eigenvalue weighted by molar-refractivity contribution is -0.137. The number of nitrogens with one attached hydrogen (secondary N) is 1. The molecule has 0 aliphatic carbocycles. The van der Waals surface area contributed by atoms with Crippen molar-refractivity contribution in [3.63, 3.8) is 0 Å². The summed E-state index contributed by atoms with van der Waals surface area (Å²) < 4.78 is 1.60. The normalized spacial score (nSPS) is 12.1. The second-order valence-electron chi connectivity index (χ2n) is 4.29. The Labute approximate surface area is 124 Å². The van der Waals surface area contributed by atoms with Crippen LogP contribution in [0.2, 0.25) is 5.02 Å². The van der Waals surface area contributed by atoms with Crippen LogP contribution >= 0.6 is 22.9 Å². The quantitative estimate of drug-likeness (QED) is 0.891. The highest BCUT2D eigenvalue weighted by atomic mass is 35.5. The summed E-state index contributed by atoms with van der Waals surface area (Å²) >= 11 is 7.25. The lowest BCUT2D eigenvalue weighted by Gasteiger charge is -2.15. The average molecular weight is 313 g/mol. The van der Waals surface area contributed by atoms with Gasteiger partial charge in [-0.3, -0.25) is 9.59 Å². The summed E-state index contributed by atoms with van der Waals surface area (Å²) in [5, 5.41) is 14.0. The highest BCUT2D eigenvalue weighted by Gasteiger charge is 2.21. The predicted octanol–water partition coefficient (Wildman–Crippen LogP) is 2.69. The van der Waals surface area contributed by atoms with Crippen molar-refractivity contribution in [1.82, 2.24) is 9.88 Å². The molecule has 2 heterocycles. The number of halogens is 1. The molecule has 0 saturated carbocycles. The minimum atomic E-state index is -0.964. The summed E-state index contributed by atoms with van der Waals surface area (Å²) in [6.45, 7) is 0. The van der Waals surface area contributed by atoms with Crippen LogP contribution in [-0.4, -0.2) is 21.6 Å².